The first-order valence-corrected chi connectivity index (χ1v) is 4.39. The Morgan fingerprint density at radius 3 is 3.14 bits per heavy atom. The lowest BCUT2D eigenvalue weighted by molar-refractivity contribution is -0.194. The highest BCUT2D eigenvalue weighted by Crippen LogP contribution is 2.27. The Morgan fingerprint density at radius 1 is 1.50 bits per heavy atom. The second-order valence-electron chi connectivity index (χ2n) is 3.18. The predicted molar refractivity (Wildman–Crippen MR) is 47.8 cm³/mol. The van der Waals surface area contributed by atoms with E-state index >= 15 is 0 Å². The maximum atomic E-state index is 10.4. The number of rotatable bonds is 3. The first kappa shape index (κ1) is 9.02. The summed E-state index contributed by atoms with van der Waals surface area (Å²) in [5.74, 6) is -0.0874. The van der Waals surface area contributed by atoms with Crippen LogP contribution in [0.2, 0.25) is 0 Å². The smallest absolute Gasteiger partial charge is 0.303 e. The van der Waals surface area contributed by atoms with Crippen LogP contribution in [0.15, 0.2) is 18.2 Å². The molecule has 1 aromatic carbocycles. The summed E-state index contributed by atoms with van der Waals surface area (Å²) in [4.78, 5) is 20.0. The number of carboxylic acids is 1. The highest BCUT2D eigenvalue weighted by atomic mass is 17.2. The molecular weight excluding hydrogens is 184 g/mol. The molecule has 1 aliphatic heterocycles. The number of aryl methyl sites for hydroxylation is 1. The van der Waals surface area contributed by atoms with Crippen molar-refractivity contribution in [3.05, 3.63) is 29.3 Å². The van der Waals surface area contributed by atoms with Crippen LogP contribution < -0.4 is 4.89 Å². The van der Waals surface area contributed by atoms with Crippen molar-refractivity contribution >= 4 is 5.97 Å². The minimum absolute atomic E-state index is 0.139. The van der Waals surface area contributed by atoms with E-state index in [4.69, 9.17) is 14.9 Å². The summed E-state index contributed by atoms with van der Waals surface area (Å²) in [7, 11) is 0. The van der Waals surface area contributed by atoms with E-state index in [1.165, 1.54) is 0 Å². The first-order valence-electron chi connectivity index (χ1n) is 4.39. The lowest BCUT2D eigenvalue weighted by Gasteiger charge is -2.00. The van der Waals surface area contributed by atoms with E-state index in [-0.39, 0.29) is 6.42 Å². The zero-order chi connectivity index (χ0) is 9.97. The van der Waals surface area contributed by atoms with Crippen molar-refractivity contribution in [2.24, 2.45) is 0 Å². The second-order valence-corrected chi connectivity index (χ2v) is 3.18. The number of hydrogen-bond donors (Lipinski definition) is 1. The van der Waals surface area contributed by atoms with Gasteiger partial charge in [-0.1, -0.05) is 12.1 Å². The molecule has 0 bridgehead atoms. The molecule has 0 atom stereocenters. The topological polar surface area (TPSA) is 55.8 Å². The van der Waals surface area contributed by atoms with Crippen molar-refractivity contribution in [1.82, 2.24) is 0 Å². The number of aliphatic carboxylic acids is 1. The van der Waals surface area contributed by atoms with Crippen molar-refractivity contribution in [3.8, 4) is 5.75 Å². The van der Waals surface area contributed by atoms with Crippen molar-refractivity contribution in [1.29, 1.82) is 0 Å². The number of hydrogen-bond acceptors (Lipinski definition) is 3. The maximum absolute atomic E-state index is 10.4. The fourth-order valence-corrected chi connectivity index (χ4v) is 1.36. The molecule has 0 fully saturated rings. The van der Waals surface area contributed by atoms with E-state index in [0.29, 0.717) is 18.8 Å². The molecule has 0 spiro atoms. The highest BCUT2D eigenvalue weighted by Gasteiger charge is 2.13. The van der Waals surface area contributed by atoms with Crippen molar-refractivity contribution in [2.45, 2.75) is 19.4 Å². The number of benzene rings is 1. The molecule has 0 unspecified atom stereocenters. The summed E-state index contributed by atoms with van der Waals surface area (Å²) in [5.41, 5.74) is 1.96. The normalized spacial score (nSPS) is 13.4. The summed E-state index contributed by atoms with van der Waals surface area (Å²) < 4.78 is 0. The fourth-order valence-electron chi connectivity index (χ4n) is 1.36. The van der Waals surface area contributed by atoms with Gasteiger partial charge < -0.3 is 9.99 Å². The average Bonchev–Trinajstić information content (AvgIpc) is 2.61. The van der Waals surface area contributed by atoms with Gasteiger partial charge in [0.05, 0.1) is 0 Å². The summed E-state index contributed by atoms with van der Waals surface area (Å²) in [5, 5.41) is 8.51. The number of carbonyl (C=O) groups is 1. The minimum Gasteiger partial charge on any atom is -0.481 e. The van der Waals surface area contributed by atoms with Gasteiger partial charge in [0.1, 0.15) is 6.61 Å². The van der Waals surface area contributed by atoms with Gasteiger partial charge in [-0.05, 0) is 18.1 Å². The van der Waals surface area contributed by atoms with Crippen LogP contribution in [0.1, 0.15) is 17.5 Å². The molecule has 1 heterocycles. The van der Waals surface area contributed by atoms with Gasteiger partial charge >= 0.3 is 5.97 Å². The maximum Gasteiger partial charge on any atom is 0.303 e. The molecule has 2 rings (SSSR count). The summed E-state index contributed by atoms with van der Waals surface area (Å²) in [6.45, 7) is 0.467. The zero-order valence-electron chi connectivity index (χ0n) is 7.53. The SMILES string of the molecule is O=C(O)CCc1ccc2c(c1)OOC2. The minimum atomic E-state index is -0.789. The van der Waals surface area contributed by atoms with E-state index in [1.54, 1.807) is 0 Å². The van der Waals surface area contributed by atoms with E-state index in [9.17, 15) is 4.79 Å². The fraction of sp³-hybridized carbons (Fsp3) is 0.300. The van der Waals surface area contributed by atoms with Crippen LogP contribution in [0.5, 0.6) is 5.75 Å². The van der Waals surface area contributed by atoms with Gasteiger partial charge in [-0.3, -0.25) is 4.79 Å². The molecule has 0 amide bonds. The third kappa shape index (κ3) is 1.85. The Hall–Kier alpha value is -1.55. The monoisotopic (exact) mass is 194 g/mol. The molecule has 1 aromatic rings. The molecule has 0 aliphatic carbocycles. The second kappa shape index (κ2) is 3.67. The Balaban J connectivity index is 2.09. The molecule has 0 aromatic heterocycles. The van der Waals surface area contributed by atoms with Gasteiger partial charge in [0.15, 0.2) is 5.75 Å². The molecule has 4 heteroatoms. The Labute approximate surface area is 81.0 Å². The van der Waals surface area contributed by atoms with E-state index in [1.807, 2.05) is 18.2 Å². The van der Waals surface area contributed by atoms with E-state index in [2.05, 4.69) is 0 Å². The Bertz CT molecular complexity index is 359. The van der Waals surface area contributed by atoms with Crippen molar-refractivity contribution in [2.75, 3.05) is 0 Å². The standard InChI is InChI=1S/C10H10O4/c11-10(12)4-2-7-1-3-8-6-13-14-9(8)5-7/h1,3,5H,2,4,6H2,(H,11,12). The van der Waals surface area contributed by atoms with Gasteiger partial charge in [-0.2, -0.15) is 4.89 Å². The van der Waals surface area contributed by atoms with E-state index < -0.39 is 5.97 Å². The lowest BCUT2D eigenvalue weighted by Crippen LogP contribution is -1.97. The molecule has 1 N–H and O–H groups in total. The van der Waals surface area contributed by atoms with Crippen molar-refractivity contribution < 1.29 is 19.7 Å². The average molecular weight is 194 g/mol. The lowest BCUT2D eigenvalue weighted by atomic mass is 10.1. The van der Waals surface area contributed by atoms with Gasteiger partial charge in [0, 0.05) is 12.0 Å². The van der Waals surface area contributed by atoms with E-state index in [0.717, 1.165) is 11.1 Å². The van der Waals surface area contributed by atoms with Crippen LogP contribution in [0.4, 0.5) is 0 Å². The van der Waals surface area contributed by atoms with Gasteiger partial charge in [-0.25, -0.2) is 0 Å². The van der Waals surface area contributed by atoms with Crippen molar-refractivity contribution in [3.63, 3.8) is 0 Å². The van der Waals surface area contributed by atoms with Crippen LogP contribution >= 0.6 is 0 Å². The predicted octanol–water partition coefficient (Wildman–Crippen LogP) is 1.53. The Morgan fingerprint density at radius 2 is 2.36 bits per heavy atom. The summed E-state index contributed by atoms with van der Waals surface area (Å²) in [6.07, 6.45) is 0.658. The number of carboxylic acid groups (broad SMARTS) is 1. The van der Waals surface area contributed by atoms with Crippen LogP contribution in [0.3, 0.4) is 0 Å². The van der Waals surface area contributed by atoms with Crippen LogP contribution in [0.25, 0.3) is 0 Å². The van der Waals surface area contributed by atoms with Crippen LogP contribution in [-0.4, -0.2) is 11.1 Å². The molecule has 14 heavy (non-hydrogen) atoms. The third-order valence-electron chi connectivity index (χ3n) is 2.12. The molecule has 0 saturated heterocycles. The van der Waals surface area contributed by atoms with Crippen LogP contribution in [-0.2, 0) is 22.7 Å². The first-order chi connectivity index (χ1) is 6.75. The molecule has 4 nitrogen and oxygen atoms in total. The quantitative estimate of drug-likeness (QED) is 0.741. The molecule has 1 aliphatic rings. The van der Waals surface area contributed by atoms with Gasteiger partial charge in [0.25, 0.3) is 0 Å². The largest absolute Gasteiger partial charge is 0.481 e. The molecule has 0 radical (unpaired) electrons. The molecule has 0 saturated carbocycles. The van der Waals surface area contributed by atoms with Crippen LogP contribution in [0, 0.1) is 0 Å². The highest BCUT2D eigenvalue weighted by molar-refractivity contribution is 5.67. The third-order valence-corrected chi connectivity index (χ3v) is 2.12. The molecule has 74 valence electrons. The Kier molecular flexibility index (Phi) is 2.37. The van der Waals surface area contributed by atoms with Gasteiger partial charge in [-0.15, -0.1) is 0 Å². The number of fused-ring (bicyclic) bond motifs is 1. The summed E-state index contributed by atoms with van der Waals surface area (Å²) >= 11 is 0. The summed E-state index contributed by atoms with van der Waals surface area (Å²) in [6, 6.07) is 5.63. The van der Waals surface area contributed by atoms with Gasteiger partial charge in [0.2, 0.25) is 0 Å². The molecular formula is C10H10O4. The zero-order valence-corrected chi connectivity index (χ0v) is 7.53.